The average Bonchev–Trinajstić information content (AvgIpc) is 2.44. The number of methoxy groups -OCH3 is 1. The molecule has 0 radical (unpaired) electrons. The standard InChI is InChI=1S/C15H13F3O3/c1-20-13-5-4-10-6-12(3-2-11(10)7-13)14(19)8-21-9-15(16,17)18/h2-7H,8-9H2,1H3. The zero-order valence-corrected chi connectivity index (χ0v) is 11.2. The highest BCUT2D eigenvalue weighted by atomic mass is 19.4. The number of carbonyl (C=O) groups excluding carboxylic acids is 1. The Morgan fingerprint density at radius 1 is 1.10 bits per heavy atom. The highest BCUT2D eigenvalue weighted by molar-refractivity contribution is 6.00. The molecular formula is C15H13F3O3. The van der Waals surface area contributed by atoms with Gasteiger partial charge < -0.3 is 9.47 Å². The topological polar surface area (TPSA) is 35.5 Å². The van der Waals surface area contributed by atoms with Crippen molar-refractivity contribution in [3.8, 4) is 5.75 Å². The van der Waals surface area contributed by atoms with Crippen LogP contribution in [0.5, 0.6) is 5.75 Å². The Morgan fingerprint density at radius 3 is 2.43 bits per heavy atom. The predicted octanol–water partition coefficient (Wildman–Crippen LogP) is 3.61. The van der Waals surface area contributed by atoms with Crippen LogP contribution >= 0.6 is 0 Å². The number of benzene rings is 2. The fourth-order valence-corrected chi connectivity index (χ4v) is 1.87. The fourth-order valence-electron chi connectivity index (χ4n) is 1.87. The summed E-state index contributed by atoms with van der Waals surface area (Å²) in [4.78, 5) is 11.8. The van der Waals surface area contributed by atoms with Crippen molar-refractivity contribution >= 4 is 16.6 Å². The van der Waals surface area contributed by atoms with Crippen molar-refractivity contribution in [2.45, 2.75) is 6.18 Å². The van der Waals surface area contributed by atoms with E-state index in [1.165, 1.54) is 0 Å². The Bertz CT molecular complexity index is 650. The summed E-state index contributed by atoms with van der Waals surface area (Å²) < 4.78 is 45.3. The van der Waals surface area contributed by atoms with Crippen LogP contribution in [0.3, 0.4) is 0 Å². The Labute approximate surface area is 119 Å². The second kappa shape index (κ2) is 6.13. The lowest BCUT2D eigenvalue weighted by molar-refractivity contribution is -0.170. The molecule has 0 atom stereocenters. The van der Waals surface area contributed by atoms with Crippen LogP contribution in [0.25, 0.3) is 10.8 Å². The molecule has 21 heavy (non-hydrogen) atoms. The largest absolute Gasteiger partial charge is 0.497 e. The molecule has 3 nitrogen and oxygen atoms in total. The molecule has 0 aromatic heterocycles. The molecule has 0 spiro atoms. The van der Waals surface area contributed by atoms with Gasteiger partial charge in [0.1, 0.15) is 19.0 Å². The van der Waals surface area contributed by atoms with Crippen LogP contribution in [0.4, 0.5) is 13.2 Å². The SMILES string of the molecule is COc1ccc2cc(C(=O)COCC(F)(F)F)ccc2c1. The molecule has 2 rings (SSSR count). The van der Waals surface area contributed by atoms with Gasteiger partial charge in [0.2, 0.25) is 0 Å². The first kappa shape index (κ1) is 15.3. The smallest absolute Gasteiger partial charge is 0.411 e. The molecule has 0 aliphatic heterocycles. The maximum Gasteiger partial charge on any atom is 0.411 e. The van der Waals surface area contributed by atoms with Gasteiger partial charge in [0.05, 0.1) is 7.11 Å². The highest BCUT2D eigenvalue weighted by Crippen LogP contribution is 2.22. The Hall–Kier alpha value is -2.08. The van der Waals surface area contributed by atoms with Gasteiger partial charge in [-0.05, 0) is 29.0 Å². The van der Waals surface area contributed by atoms with Crippen molar-refractivity contribution in [2.75, 3.05) is 20.3 Å². The molecule has 0 saturated carbocycles. The van der Waals surface area contributed by atoms with E-state index in [0.717, 1.165) is 10.8 Å². The number of rotatable bonds is 5. The molecular weight excluding hydrogens is 285 g/mol. The summed E-state index contributed by atoms with van der Waals surface area (Å²) in [6.07, 6.45) is -4.43. The number of ketones is 1. The van der Waals surface area contributed by atoms with Crippen molar-refractivity contribution in [1.29, 1.82) is 0 Å². The molecule has 112 valence electrons. The van der Waals surface area contributed by atoms with Crippen LogP contribution in [0, 0.1) is 0 Å². The first-order chi connectivity index (χ1) is 9.89. The number of Topliss-reactive ketones (excluding diaryl/α,β-unsaturated/α-hetero) is 1. The maximum absolute atomic E-state index is 11.9. The molecule has 0 bridgehead atoms. The molecule has 0 aliphatic rings. The van der Waals surface area contributed by atoms with E-state index in [9.17, 15) is 18.0 Å². The van der Waals surface area contributed by atoms with E-state index in [-0.39, 0.29) is 0 Å². The molecule has 0 heterocycles. The minimum Gasteiger partial charge on any atom is -0.497 e. The Kier molecular flexibility index (Phi) is 4.47. The lowest BCUT2D eigenvalue weighted by atomic mass is 10.0. The van der Waals surface area contributed by atoms with Gasteiger partial charge in [-0.25, -0.2) is 0 Å². The number of alkyl halides is 3. The summed E-state index contributed by atoms with van der Waals surface area (Å²) in [5.41, 5.74) is 0.315. The van der Waals surface area contributed by atoms with Crippen molar-refractivity contribution in [2.24, 2.45) is 0 Å². The summed E-state index contributed by atoms with van der Waals surface area (Å²) >= 11 is 0. The van der Waals surface area contributed by atoms with Crippen LogP contribution < -0.4 is 4.74 Å². The molecule has 0 N–H and O–H groups in total. The van der Waals surface area contributed by atoms with Crippen LogP contribution in [0.2, 0.25) is 0 Å². The second-order valence-corrected chi connectivity index (χ2v) is 4.46. The van der Waals surface area contributed by atoms with E-state index in [4.69, 9.17) is 4.74 Å². The van der Waals surface area contributed by atoms with Crippen LogP contribution in [-0.4, -0.2) is 32.3 Å². The monoisotopic (exact) mass is 298 g/mol. The third-order valence-electron chi connectivity index (χ3n) is 2.87. The molecule has 0 amide bonds. The van der Waals surface area contributed by atoms with E-state index in [0.29, 0.717) is 11.3 Å². The number of ether oxygens (including phenoxy) is 2. The van der Waals surface area contributed by atoms with Crippen LogP contribution in [-0.2, 0) is 4.74 Å². The number of fused-ring (bicyclic) bond motifs is 1. The van der Waals surface area contributed by atoms with E-state index in [1.807, 2.05) is 6.07 Å². The Morgan fingerprint density at radius 2 is 1.76 bits per heavy atom. The summed E-state index contributed by atoms with van der Waals surface area (Å²) in [5.74, 6) is 0.201. The zero-order valence-electron chi connectivity index (χ0n) is 11.2. The quantitative estimate of drug-likeness (QED) is 0.791. The van der Waals surface area contributed by atoms with Crippen molar-refractivity contribution < 1.29 is 27.4 Å². The van der Waals surface area contributed by atoms with E-state index in [2.05, 4.69) is 4.74 Å². The van der Waals surface area contributed by atoms with E-state index >= 15 is 0 Å². The maximum atomic E-state index is 11.9. The van der Waals surface area contributed by atoms with Gasteiger partial charge in [-0.1, -0.05) is 18.2 Å². The first-order valence-electron chi connectivity index (χ1n) is 6.14. The van der Waals surface area contributed by atoms with Gasteiger partial charge in [-0.15, -0.1) is 0 Å². The summed E-state index contributed by atoms with van der Waals surface area (Å²) in [6.45, 7) is -2.02. The van der Waals surface area contributed by atoms with Crippen LogP contribution in [0.15, 0.2) is 36.4 Å². The number of halogens is 3. The molecule has 0 fully saturated rings. The van der Waals surface area contributed by atoms with Gasteiger partial charge >= 0.3 is 6.18 Å². The highest BCUT2D eigenvalue weighted by Gasteiger charge is 2.27. The molecule has 2 aromatic carbocycles. The molecule has 0 saturated heterocycles. The minimum absolute atomic E-state index is 0.315. The van der Waals surface area contributed by atoms with Crippen molar-refractivity contribution in [3.63, 3.8) is 0 Å². The normalized spacial score (nSPS) is 11.6. The average molecular weight is 298 g/mol. The number of hydrogen-bond acceptors (Lipinski definition) is 3. The molecule has 0 aliphatic carbocycles. The summed E-state index contributed by atoms with van der Waals surface area (Å²) in [5, 5.41) is 1.68. The molecule has 0 unspecified atom stereocenters. The lowest BCUT2D eigenvalue weighted by Crippen LogP contribution is -2.20. The summed E-state index contributed by atoms with van der Waals surface area (Å²) in [7, 11) is 1.55. The van der Waals surface area contributed by atoms with Gasteiger partial charge in [0, 0.05) is 5.56 Å². The first-order valence-corrected chi connectivity index (χ1v) is 6.14. The number of hydrogen-bond donors (Lipinski definition) is 0. The van der Waals surface area contributed by atoms with E-state index in [1.54, 1.807) is 37.4 Å². The van der Waals surface area contributed by atoms with Crippen LogP contribution in [0.1, 0.15) is 10.4 Å². The lowest BCUT2D eigenvalue weighted by Gasteiger charge is -2.08. The van der Waals surface area contributed by atoms with Gasteiger partial charge in [0.15, 0.2) is 5.78 Å². The van der Waals surface area contributed by atoms with E-state index < -0.39 is 25.2 Å². The Balaban J connectivity index is 2.10. The fraction of sp³-hybridized carbons (Fsp3) is 0.267. The summed E-state index contributed by atoms with van der Waals surface area (Å²) in [6, 6.07) is 10.2. The van der Waals surface area contributed by atoms with Crippen molar-refractivity contribution in [3.05, 3.63) is 42.0 Å². The third kappa shape index (κ3) is 4.19. The second-order valence-electron chi connectivity index (χ2n) is 4.46. The van der Waals surface area contributed by atoms with Crippen molar-refractivity contribution in [1.82, 2.24) is 0 Å². The molecule has 6 heteroatoms. The minimum atomic E-state index is -4.43. The van der Waals surface area contributed by atoms with Gasteiger partial charge in [-0.3, -0.25) is 4.79 Å². The van der Waals surface area contributed by atoms with Gasteiger partial charge in [0.25, 0.3) is 0 Å². The zero-order chi connectivity index (χ0) is 15.5. The predicted molar refractivity (Wildman–Crippen MR) is 71.7 cm³/mol. The number of carbonyl (C=O) groups is 1. The molecule has 2 aromatic rings. The van der Waals surface area contributed by atoms with Gasteiger partial charge in [-0.2, -0.15) is 13.2 Å². The third-order valence-corrected chi connectivity index (χ3v) is 2.87.